The number of hydrogen-bond acceptors (Lipinski definition) is 5. The monoisotopic (exact) mass is 385 g/mol. The summed E-state index contributed by atoms with van der Waals surface area (Å²) >= 11 is 1.19. The van der Waals surface area contributed by atoms with E-state index in [2.05, 4.69) is 4.72 Å². The highest BCUT2D eigenvalue weighted by Crippen LogP contribution is 2.33. The third kappa shape index (κ3) is 3.36. The van der Waals surface area contributed by atoms with Crippen molar-refractivity contribution in [2.24, 2.45) is 0 Å². The van der Waals surface area contributed by atoms with Gasteiger partial charge in [-0.2, -0.15) is 0 Å². The molecule has 0 aliphatic heterocycles. The molecule has 25 heavy (non-hydrogen) atoms. The Morgan fingerprint density at radius 2 is 1.84 bits per heavy atom. The number of sulfonamides is 1. The number of aliphatic hydroxyl groups is 1. The highest BCUT2D eigenvalue weighted by atomic mass is 32.2. The van der Waals surface area contributed by atoms with E-state index in [1.807, 2.05) is 0 Å². The fourth-order valence-corrected chi connectivity index (χ4v) is 4.36. The van der Waals surface area contributed by atoms with E-state index < -0.39 is 38.7 Å². The predicted molar refractivity (Wildman–Crippen MR) is 87.6 cm³/mol. The van der Waals surface area contributed by atoms with Crippen LogP contribution in [0.2, 0.25) is 0 Å². The molecule has 5 nitrogen and oxygen atoms in total. The lowest BCUT2D eigenvalue weighted by atomic mass is 9.99. The molecule has 0 aliphatic rings. The van der Waals surface area contributed by atoms with Gasteiger partial charge in [-0.3, -0.25) is 0 Å². The molecular weight excluding hydrogens is 372 g/mol. The Balaban J connectivity index is 1.95. The van der Waals surface area contributed by atoms with Gasteiger partial charge in [0.15, 0.2) is 10.5 Å². The van der Waals surface area contributed by atoms with Gasteiger partial charge in [0.2, 0.25) is 10.0 Å². The first-order valence-electron chi connectivity index (χ1n) is 7.08. The van der Waals surface area contributed by atoms with E-state index in [0.29, 0.717) is 4.88 Å². The van der Waals surface area contributed by atoms with Gasteiger partial charge in [0, 0.05) is 4.88 Å². The smallest absolute Gasteiger partial charge is 0.246 e. The molecule has 132 valence electrons. The van der Waals surface area contributed by atoms with E-state index in [1.54, 1.807) is 23.6 Å². The van der Waals surface area contributed by atoms with Crippen molar-refractivity contribution in [1.82, 2.24) is 4.72 Å². The fraction of sp³-hybridized carbons (Fsp3) is 0.125. The van der Waals surface area contributed by atoms with E-state index in [-0.39, 0.29) is 5.76 Å². The summed E-state index contributed by atoms with van der Waals surface area (Å²) in [6, 6.07) is 9.06. The Kier molecular flexibility index (Phi) is 4.74. The Morgan fingerprint density at radius 3 is 2.40 bits per heavy atom. The Labute approximate surface area is 146 Å². The lowest BCUT2D eigenvalue weighted by Crippen LogP contribution is -2.41. The van der Waals surface area contributed by atoms with Crippen molar-refractivity contribution in [3.63, 3.8) is 0 Å². The maximum absolute atomic E-state index is 13.8. The second kappa shape index (κ2) is 6.68. The predicted octanol–water partition coefficient (Wildman–Crippen LogP) is 2.83. The maximum Gasteiger partial charge on any atom is 0.246 e. The number of rotatable bonds is 6. The molecule has 1 aromatic carbocycles. The van der Waals surface area contributed by atoms with Gasteiger partial charge in [0.1, 0.15) is 17.4 Å². The summed E-state index contributed by atoms with van der Waals surface area (Å²) in [5, 5.41) is 12.7. The van der Waals surface area contributed by atoms with E-state index >= 15 is 0 Å². The Morgan fingerprint density at radius 1 is 1.12 bits per heavy atom. The molecule has 1 unspecified atom stereocenters. The minimum Gasteiger partial charge on any atom is -0.466 e. The van der Waals surface area contributed by atoms with Gasteiger partial charge in [0.25, 0.3) is 0 Å². The molecule has 0 bridgehead atoms. The zero-order valence-electron chi connectivity index (χ0n) is 12.6. The number of thiophene rings is 1. The van der Waals surface area contributed by atoms with Crippen molar-refractivity contribution in [1.29, 1.82) is 0 Å². The summed E-state index contributed by atoms with van der Waals surface area (Å²) in [5.41, 5.74) is -1.81. The average molecular weight is 385 g/mol. The molecule has 0 saturated heterocycles. The number of hydrogen-bond donors (Lipinski definition) is 2. The van der Waals surface area contributed by atoms with Crippen LogP contribution in [0.3, 0.4) is 0 Å². The van der Waals surface area contributed by atoms with E-state index in [0.717, 1.165) is 18.2 Å². The molecule has 0 saturated carbocycles. The highest BCUT2D eigenvalue weighted by Gasteiger charge is 2.38. The Hall–Kier alpha value is -2.07. The van der Waals surface area contributed by atoms with Crippen LogP contribution in [-0.2, 0) is 15.6 Å². The van der Waals surface area contributed by atoms with Gasteiger partial charge < -0.3 is 9.52 Å². The summed E-state index contributed by atoms with van der Waals surface area (Å²) in [7, 11) is -4.53. The third-order valence-electron chi connectivity index (χ3n) is 3.56. The normalized spacial score (nSPS) is 14.4. The average Bonchev–Trinajstić information content (AvgIpc) is 3.26. The summed E-state index contributed by atoms with van der Waals surface area (Å²) in [6.07, 6.45) is 1.33. The molecule has 0 aliphatic carbocycles. The second-order valence-electron chi connectivity index (χ2n) is 5.19. The zero-order valence-corrected chi connectivity index (χ0v) is 14.3. The summed E-state index contributed by atoms with van der Waals surface area (Å²) < 4.78 is 59.5. The number of benzene rings is 1. The number of halogens is 2. The SMILES string of the molecule is O=S(=O)(NCC(O)(c1ccco1)c1cccs1)c1c(F)cccc1F. The maximum atomic E-state index is 13.8. The quantitative estimate of drug-likeness (QED) is 0.684. The first-order valence-corrected chi connectivity index (χ1v) is 9.45. The first-order chi connectivity index (χ1) is 11.8. The van der Waals surface area contributed by atoms with Gasteiger partial charge >= 0.3 is 0 Å². The van der Waals surface area contributed by atoms with E-state index in [9.17, 15) is 22.3 Å². The molecule has 0 fully saturated rings. The van der Waals surface area contributed by atoms with Gasteiger partial charge in [-0.15, -0.1) is 11.3 Å². The molecule has 0 spiro atoms. The van der Waals surface area contributed by atoms with Crippen LogP contribution < -0.4 is 4.72 Å². The van der Waals surface area contributed by atoms with Crippen LogP contribution in [0.5, 0.6) is 0 Å². The fourth-order valence-electron chi connectivity index (χ4n) is 2.33. The standard InChI is InChI=1S/C16H13F2NO4S2/c17-11-4-1-5-12(18)15(11)25(21,22)19-10-16(20,13-6-2-8-23-13)14-7-3-9-24-14/h1-9,19-20H,10H2. The molecule has 9 heteroatoms. The second-order valence-corrected chi connectivity index (χ2v) is 7.84. The minimum atomic E-state index is -4.53. The van der Waals surface area contributed by atoms with Crippen LogP contribution in [0.25, 0.3) is 0 Å². The van der Waals surface area contributed by atoms with Gasteiger partial charge in [0.05, 0.1) is 12.8 Å². The summed E-state index contributed by atoms with van der Waals surface area (Å²) in [4.78, 5) is -0.679. The van der Waals surface area contributed by atoms with Crippen LogP contribution >= 0.6 is 11.3 Å². The molecule has 2 heterocycles. The Bertz CT molecular complexity index is 900. The lowest BCUT2D eigenvalue weighted by molar-refractivity contribution is 0.0655. The van der Waals surface area contributed by atoms with Crippen LogP contribution in [0.4, 0.5) is 8.78 Å². The van der Waals surface area contributed by atoms with Crippen molar-refractivity contribution in [2.45, 2.75) is 10.5 Å². The molecule has 2 aromatic heterocycles. The van der Waals surface area contributed by atoms with E-state index in [1.165, 1.54) is 23.7 Å². The van der Waals surface area contributed by atoms with Crippen molar-refractivity contribution in [2.75, 3.05) is 6.54 Å². The van der Waals surface area contributed by atoms with Crippen LogP contribution in [0, 0.1) is 11.6 Å². The van der Waals surface area contributed by atoms with Crippen LogP contribution in [0.15, 0.2) is 63.4 Å². The summed E-state index contributed by atoms with van der Waals surface area (Å²) in [6.45, 7) is -0.558. The summed E-state index contributed by atoms with van der Waals surface area (Å²) in [5.74, 6) is -2.33. The molecule has 3 rings (SSSR count). The highest BCUT2D eigenvalue weighted by molar-refractivity contribution is 7.89. The zero-order chi connectivity index (χ0) is 18.1. The molecule has 2 N–H and O–H groups in total. The topological polar surface area (TPSA) is 79.5 Å². The van der Waals surface area contributed by atoms with Crippen molar-refractivity contribution in [3.05, 3.63) is 76.4 Å². The molecular formula is C16H13F2NO4S2. The number of nitrogens with one attached hydrogen (secondary N) is 1. The first kappa shape index (κ1) is 17.7. The van der Waals surface area contributed by atoms with E-state index in [4.69, 9.17) is 4.42 Å². The number of furan rings is 1. The third-order valence-corrected chi connectivity index (χ3v) is 6.04. The van der Waals surface area contributed by atoms with Gasteiger partial charge in [-0.05, 0) is 35.7 Å². The molecule has 1 atom stereocenters. The molecule has 3 aromatic rings. The van der Waals surface area contributed by atoms with Gasteiger partial charge in [-0.1, -0.05) is 12.1 Å². The molecule has 0 radical (unpaired) electrons. The van der Waals surface area contributed by atoms with Crippen LogP contribution in [-0.4, -0.2) is 20.1 Å². The molecule has 0 amide bonds. The minimum absolute atomic E-state index is 0.103. The van der Waals surface area contributed by atoms with Crippen molar-refractivity contribution >= 4 is 21.4 Å². The van der Waals surface area contributed by atoms with Gasteiger partial charge in [-0.25, -0.2) is 21.9 Å². The van der Waals surface area contributed by atoms with Crippen LogP contribution in [0.1, 0.15) is 10.6 Å². The van der Waals surface area contributed by atoms with Crippen molar-refractivity contribution in [3.8, 4) is 0 Å². The van der Waals surface area contributed by atoms with Crippen molar-refractivity contribution < 1.29 is 26.7 Å². The largest absolute Gasteiger partial charge is 0.466 e. The lowest BCUT2D eigenvalue weighted by Gasteiger charge is -2.25.